The molecule has 2 aromatic rings. The fraction of sp³-hybridized carbons (Fsp3) is 0.438. The van der Waals surface area contributed by atoms with Crippen LogP contribution < -0.4 is 10.1 Å². The highest BCUT2D eigenvalue weighted by atomic mass is 19.1. The Labute approximate surface area is 124 Å². The third-order valence-corrected chi connectivity index (χ3v) is 4.06. The maximum Gasteiger partial charge on any atom is 0.144 e. The molecule has 1 N–H and O–H groups in total. The van der Waals surface area contributed by atoms with Crippen LogP contribution in [0.3, 0.4) is 0 Å². The third kappa shape index (κ3) is 2.78. The molecule has 0 spiro atoms. The van der Waals surface area contributed by atoms with Crippen LogP contribution in [0.5, 0.6) is 5.75 Å². The topological polar surface area (TPSA) is 39.1 Å². The van der Waals surface area contributed by atoms with Crippen molar-refractivity contribution in [3.05, 3.63) is 36.4 Å². The molecule has 0 amide bonds. The summed E-state index contributed by atoms with van der Waals surface area (Å²) in [5.41, 5.74) is 0.702. The zero-order valence-corrected chi connectivity index (χ0v) is 12.3. The SMILES string of the molecule is COc1ccc(F)cc1-c1nccn1[C@@H]1CCN[C@@H](C)C1. The van der Waals surface area contributed by atoms with Crippen LogP contribution in [-0.2, 0) is 0 Å². The maximum absolute atomic E-state index is 13.6. The number of hydrogen-bond acceptors (Lipinski definition) is 3. The van der Waals surface area contributed by atoms with Crippen molar-refractivity contribution >= 4 is 0 Å². The Hall–Kier alpha value is -1.88. The Morgan fingerprint density at radius 1 is 1.43 bits per heavy atom. The van der Waals surface area contributed by atoms with Crippen LogP contribution in [0.15, 0.2) is 30.6 Å². The lowest BCUT2D eigenvalue weighted by molar-refractivity contribution is 0.315. The highest BCUT2D eigenvalue weighted by Crippen LogP contribution is 2.33. The Kier molecular flexibility index (Phi) is 3.92. The highest BCUT2D eigenvalue weighted by molar-refractivity contribution is 5.64. The standard InChI is InChI=1S/C16H20FN3O/c1-11-9-13(5-6-18-11)20-8-7-19-16(20)14-10-12(17)3-4-15(14)21-2/h3-4,7-8,10-11,13,18H,5-6,9H2,1-2H3/t11-,13+/m0/s1. The van der Waals surface area contributed by atoms with E-state index < -0.39 is 0 Å². The van der Waals surface area contributed by atoms with E-state index in [0.717, 1.165) is 25.2 Å². The normalized spacial score (nSPS) is 22.2. The van der Waals surface area contributed by atoms with Crippen molar-refractivity contribution < 1.29 is 9.13 Å². The van der Waals surface area contributed by atoms with Gasteiger partial charge in [-0.25, -0.2) is 9.37 Å². The van der Waals surface area contributed by atoms with Crippen molar-refractivity contribution in [3.63, 3.8) is 0 Å². The summed E-state index contributed by atoms with van der Waals surface area (Å²) in [7, 11) is 1.59. The molecule has 1 aromatic carbocycles. The average Bonchev–Trinajstić information content (AvgIpc) is 2.96. The predicted octanol–water partition coefficient (Wildman–Crippen LogP) is 3.01. The lowest BCUT2D eigenvalue weighted by Gasteiger charge is -2.30. The largest absolute Gasteiger partial charge is 0.496 e. The number of imidazole rings is 1. The molecule has 0 radical (unpaired) electrons. The molecule has 2 heterocycles. The highest BCUT2D eigenvalue weighted by Gasteiger charge is 2.23. The summed E-state index contributed by atoms with van der Waals surface area (Å²) in [5.74, 6) is 1.13. The fourth-order valence-electron chi connectivity index (χ4n) is 3.03. The van der Waals surface area contributed by atoms with Crippen LogP contribution in [0.2, 0.25) is 0 Å². The van der Waals surface area contributed by atoms with Gasteiger partial charge in [-0.15, -0.1) is 0 Å². The fourth-order valence-corrected chi connectivity index (χ4v) is 3.03. The first-order valence-electron chi connectivity index (χ1n) is 7.29. The van der Waals surface area contributed by atoms with Gasteiger partial charge in [0.1, 0.15) is 17.4 Å². The van der Waals surface area contributed by atoms with Crippen molar-refractivity contribution in [2.24, 2.45) is 0 Å². The molecule has 0 aliphatic carbocycles. The van der Waals surface area contributed by atoms with Gasteiger partial charge in [0.25, 0.3) is 0 Å². The molecular formula is C16H20FN3O. The first kappa shape index (κ1) is 14.1. The zero-order chi connectivity index (χ0) is 14.8. The van der Waals surface area contributed by atoms with E-state index in [-0.39, 0.29) is 5.82 Å². The quantitative estimate of drug-likeness (QED) is 0.944. The van der Waals surface area contributed by atoms with E-state index in [2.05, 4.69) is 21.8 Å². The summed E-state index contributed by atoms with van der Waals surface area (Å²) >= 11 is 0. The summed E-state index contributed by atoms with van der Waals surface area (Å²) in [6.07, 6.45) is 5.83. The lowest BCUT2D eigenvalue weighted by Crippen LogP contribution is -2.36. The molecule has 112 valence electrons. The Morgan fingerprint density at radius 2 is 2.29 bits per heavy atom. The van der Waals surface area contributed by atoms with Crippen LogP contribution in [0.25, 0.3) is 11.4 Å². The molecule has 1 aromatic heterocycles. The Bertz CT molecular complexity index is 626. The number of nitrogens with one attached hydrogen (secondary N) is 1. The van der Waals surface area contributed by atoms with Gasteiger partial charge in [-0.2, -0.15) is 0 Å². The van der Waals surface area contributed by atoms with Gasteiger partial charge in [0.05, 0.1) is 12.7 Å². The number of nitrogens with zero attached hydrogens (tertiary/aromatic N) is 2. The van der Waals surface area contributed by atoms with Crippen molar-refractivity contribution in [1.29, 1.82) is 0 Å². The average molecular weight is 289 g/mol. The van der Waals surface area contributed by atoms with Crippen molar-refractivity contribution in [2.75, 3.05) is 13.7 Å². The van der Waals surface area contributed by atoms with Crippen LogP contribution in [0.4, 0.5) is 4.39 Å². The number of ether oxygens (including phenoxy) is 1. The van der Waals surface area contributed by atoms with Crippen LogP contribution >= 0.6 is 0 Å². The lowest BCUT2D eigenvalue weighted by atomic mass is 10.00. The van der Waals surface area contributed by atoms with Gasteiger partial charge < -0.3 is 14.6 Å². The zero-order valence-electron chi connectivity index (χ0n) is 12.3. The molecule has 0 bridgehead atoms. The first-order chi connectivity index (χ1) is 10.2. The van der Waals surface area contributed by atoms with Gasteiger partial charge in [0.15, 0.2) is 0 Å². The summed E-state index contributed by atoms with van der Waals surface area (Å²) in [5, 5.41) is 3.45. The monoisotopic (exact) mass is 289 g/mol. The summed E-state index contributed by atoms with van der Waals surface area (Å²) in [4.78, 5) is 4.43. The number of piperidine rings is 1. The molecule has 1 aliphatic heterocycles. The Morgan fingerprint density at radius 3 is 3.05 bits per heavy atom. The van der Waals surface area contributed by atoms with Gasteiger partial charge in [-0.05, 0) is 44.5 Å². The number of benzene rings is 1. The smallest absolute Gasteiger partial charge is 0.144 e. The van der Waals surface area contributed by atoms with Crippen molar-refractivity contribution in [2.45, 2.75) is 31.8 Å². The molecule has 4 nitrogen and oxygen atoms in total. The van der Waals surface area contributed by atoms with E-state index in [4.69, 9.17) is 4.74 Å². The number of hydrogen-bond donors (Lipinski definition) is 1. The second-order valence-corrected chi connectivity index (χ2v) is 5.54. The number of aromatic nitrogens is 2. The summed E-state index contributed by atoms with van der Waals surface area (Å²) < 4.78 is 21.1. The van der Waals surface area contributed by atoms with Crippen molar-refractivity contribution in [3.8, 4) is 17.1 Å². The number of rotatable bonds is 3. The molecule has 3 rings (SSSR count). The van der Waals surface area contributed by atoms with E-state index in [1.54, 1.807) is 19.4 Å². The molecule has 5 heteroatoms. The van der Waals surface area contributed by atoms with Crippen molar-refractivity contribution in [1.82, 2.24) is 14.9 Å². The predicted molar refractivity (Wildman–Crippen MR) is 79.9 cm³/mol. The van der Waals surface area contributed by atoms with E-state index in [1.165, 1.54) is 12.1 Å². The molecule has 0 unspecified atom stereocenters. The van der Waals surface area contributed by atoms with Gasteiger partial charge >= 0.3 is 0 Å². The van der Waals surface area contributed by atoms with E-state index in [0.29, 0.717) is 23.4 Å². The van der Waals surface area contributed by atoms with Gasteiger partial charge in [-0.3, -0.25) is 0 Å². The van der Waals surface area contributed by atoms with Crippen LogP contribution in [0, 0.1) is 5.82 Å². The third-order valence-electron chi connectivity index (χ3n) is 4.06. The van der Waals surface area contributed by atoms with E-state index in [1.807, 2.05) is 6.20 Å². The molecule has 1 aliphatic rings. The minimum atomic E-state index is -0.279. The summed E-state index contributed by atoms with van der Waals surface area (Å²) in [6, 6.07) is 5.40. The van der Waals surface area contributed by atoms with Gasteiger partial charge in [0.2, 0.25) is 0 Å². The molecule has 2 atom stereocenters. The van der Waals surface area contributed by atoms with Gasteiger partial charge in [0, 0.05) is 24.5 Å². The first-order valence-corrected chi connectivity index (χ1v) is 7.29. The second-order valence-electron chi connectivity index (χ2n) is 5.54. The van der Waals surface area contributed by atoms with E-state index in [9.17, 15) is 4.39 Å². The Balaban J connectivity index is 2.01. The molecule has 1 saturated heterocycles. The second kappa shape index (κ2) is 5.85. The minimum Gasteiger partial charge on any atom is -0.496 e. The number of methoxy groups -OCH3 is 1. The van der Waals surface area contributed by atoms with Crippen LogP contribution in [-0.4, -0.2) is 29.2 Å². The minimum absolute atomic E-state index is 0.279. The van der Waals surface area contributed by atoms with E-state index >= 15 is 0 Å². The van der Waals surface area contributed by atoms with Crippen LogP contribution in [0.1, 0.15) is 25.8 Å². The molecule has 21 heavy (non-hydrogen) atoms. The molecule has 0 saturated carbocycles. The number of halogens is 1. The molecular weight excluding hydrogens is 269 g/mol. The molecule has 1 fully saturated rings. The van der Waals surface area contributed by atoms with Gasteiger partial charge in [-0.1, -0.05) is 0 Å². The summed E-state index contributed by atoms with van der Waals surface area (Å²) in [6.45, 7) is 3.18. The maximum atomic E-state index is 13.6.